The second-order valence-corrected chi connectivity index (χ2v) is 5.52. The van der Waals surface area contributed by atoms with Gasteiger partial charge in [-0.25, -0.2) is 0 Å². The smallest absolute Gasteiger partial charge is 0.316 e. The predicted molar refractivity (Wildman–Crippen MR) is 77.0 cm³/mol. The van der Waals surface area contributed by atoms with Gasteiger partial charge in [-0.1, -0.05) is 45.4 Å². The van der Waals surface area contributed by atoms with Crippen LogP contribution >= 0.6 is 0 Å². The molecule has 0 heterocycles. The van der Waals surface area contributed by atoms with Crippen molar-refractivity contribution in [3.8, 4) is 0 Å². The normalized spacial score (nSPS) is 25.5. The Balaban J connectivity index is 2.98. The number of unbranched alkanes of at least 4 members (excludes halogenated alkanes) is 1. The van der Waals surface area contributed by atoms with Crippen LogP contribution in [0.3, 0.4) is 0 Å². The third-order valence-corrected chi connectivity index (χ3v) is 3.60. The van der Waals surface area contributed by atoms with Crippen molar-refractivity contribution in [3.63, 3.8) is 0 Å². The fourth-order valence-electron chi connectivity index (χ4n) is 2.27. The van der Waals surface area contributed by atoms with Crippen LogP contribution in [-0.4, -0.2) is 29.1 Å². The lowest BCUT2D eigenvalue weighted by Crippen LogP contribution is -2.52. The van der Waals surface area contributed by atoms with Gasteiger partial charge in [0.1, 0.15) is 5.92 Å². The number of ether oxygens (including phenoxy) is 1. The number of carbonyl (C=O) groups excluding carboxylic acids is 2. The Kier molecular flexibility index (Phi) is 5.69. The van der Waals surface area contributed by atoms with Gasteiger partial charge in [0.05, 0.1) is 6.61 Å². The van der Waals surface area contributed by atoms with Gasteiger partial charge in [0.15, 0.2) is 11.4 Å². The van der Waals surface area contributed by atoms with Gasteiger partial charge in [-0.3, -0.25) is 9.59 Å². The van der Waals surface area contributed by atoms with Crippen LogP contribution in [0.25, 0.3) is 0 Å². The Morgan fingerprint density at radius 1 is 1.45 bits per heavy atom. The number of esters is 1. The summed E-state index contributed by atoms with van der Waals surface area (Å²) in [6, 6.07) is 0. The molecule has 20 heavy (non-hydrogen) atoms. The maximum atomic E-state index is 12.3. The van der Waals surface area contributed by atoms with Crippen LogP contribution in [0.1, 0.15) is 40.5 Å². The quantitative estimate of drug-likeness (QED) is 0.599. The lowest BCUT2D eigenvalue weighted by molar-refractivity contribution is -0.160. The molecular weight excluding hydrogens is 256 g/mol. The summed E-state index contributed by atoms with van der Waals surface area (Å²) in [7, 11) is 0. The minimum Gasteiger partial charge on any atom is -0.465 e. The molecule has 0 aliphatic heterocycles. The zero-order chi connectivity index (χ0) is 15.3. The molecule has 1 aliphatic carbocycles. The number of ketones is 1. The van der Waals surface area contributed by atoms with Gasteiger partial charge in [0.2, 0.25) is 0 Å². The first kappa shape index (κ1) is 16.6. The summed E-state index contributed by atoms with van der Waals surface area (Å²) in [6.45, 7) is 7.40. The van der Waals surface area contributed by atoms with Crippen molar-refractivity contribution < 1.29 is 19.4 Å². The van der Waals surface area contributed by atoms with E-state index >= 15 is 0 Å². The van der Waals surface area contributed by atoms with Crippen LogP contribution in [0.4, 0.5) is 0 Å². The number of Topliss-reactive ketones (excluding diaryl/α,β-unsaturated/α-hetero) is 1. The number of carbonyl (C=O) groups is 2. The average molecular weight is 280 g/mol. The summed E-state index contributed by atoms with van der Waals surface area (Å²) in [5.74, 6) is -2.22. The molecule has 0 aromatic heterocycles. The minimum absolute atomic E-state index is 0.314. The first-order valence-corrected chi connectivity index (χ1v) is 7.14. The molecular formula is C16H24O4. The summed E-state index contributed by atoms with van der Waals surface area (Å²) in [5.41, 5.74) is -1.30. The van der Waals surface area contributed by atoms with Crippen molar-refractivity contribution in [2.45, 2.75) is 46.1 Å². The summed E-state index contributed by atoms with van der Waals surface area (Å²) < 4.78 is 5.17. The average Bonchev–Trinajstić information content (AvgIpc) is 2.40. The molecule has 0 fully saturated rings. The zero-order valence-electron chi connectivity index (χ0n) is 12.7. The van der Waals surface area contributed by atoms with Crippen molar-refractivity contribution in [2.24, 2.45) is 11.8 Å². The minimum atomic E-state index is -1.79. The van der Waals surface area contributed by atoms with Crippen LogP contribution in [-0.2, 0) is 14.3 Å². The standard InChI is InChI=1S/C16H24O4/c1-5-6-10-20-15(18)13-9-7-8-12(4)16(13,19)14(17)11(2)3/h7-9,11,13,19H,5-6,10H2,1-4H3. The molecule has 1 aliphatic rings. The first-order chi connectivity index (χ1) is 9.35. The third kappa shape index (κ3) is 3.18. The van der Waals surface area contributed by atoms with Gasteiger partial charge < -0.3 is 9.84 Å². The second-order valence-electron chi connectivity index (χ2n) is 5.52. The van der Waals surface area contributed by atoms with E-state index in [2.05, 4.69) is 0 Å². The molecule has 0 bridgehead atoms. The molecule has 0 saturated carbocycles. The monoisotopic (exact) mass is 280 g/mol. The van der Waals surface area contributed by atoms with Gasteiger partial charge in [0.25, 0.3) is 0 Å². The molecule has 1 rings (SSSR count). The Bertz CT molecular complexity index is 434. The molecule has 0 amide bonds. The van der Waals surface area contributed by atoms with E-state index in [4.69, 9.17) is 4.74 Å². The van der Waals surface area contributed by atoms with Gasteiger partial charge in [0, 0.05) is 5.92 Å². The Hall–Kier alpha value is -1.42. The molecule has 2 atom stereocenters. The Morgan fingerprint density at radius 2 is 2.10 bits per heavy atom. The lowest BCUT2D eigenvalue weighted by atomic mass is 9.72. The SMILES string of the molecule is CCCCOC(=O)C1C=CC=C(C)C1(O)C(=O)C(C)C. The van der Waals surface area contributed by atoms with Crippen LogP contribution < -0.4 is 0 Å². The highest BCUT2D eigenvalue weighted by atomic mass is 16.5. The first-order valence-electron chi connectivity index (χ1n) is 7.14. The maximum Gasteiger partial charge on any atom is 0.316 e. The topological polar surface area (TPSA) is 63.6 Å². The van der Waals surface area contributed by atoms with E-state index in [1.54, 1.807) is 39.0 Å². The molecule has 0 spiro atoms. The molecule has 0 saturated heterocycles. The van der Waals surface area contributed by atoms with Crippen LogP contribution in [0.2, 0.25) is 0 Å². The molecule has 4 heteroatoms. The molecule has 1 N–H and O–H groups in total. The van der Waals surface area contributed by atoms with Gasteiger partial charge >= 0.3 is 5.97 Å². The van der Waals surface area contributed by atoms with Gasteiger partial charge in [-0.15, -0.1) is 0 Å². The van der Waals surface area contributed by atoms with Crippen LogP contribution in [0.15, 0.2) is 23.8 Å². The fourth-order valence-corrected chi connectivity index (χ4v) is 2.27. The molecule has 112 valence electrons. The van der Waals surface area contributed by atoms with Gasteiger partial charge in [-0.2, -0.15) is 0 Å². The predicted octanol–water partition coefficient (Wildman–Crippen LogP) is 2.42. The maximum absolute atomic E-state index is 12.3. The van der Waals surface area contributed by atoms with Gasteiger partial charge in [-0.05, 0) is 18.9 Å². The molecule has 4 nitrogen and oxygen atoms in total. The molecule has 2 unspecified atom stereocenters. The van der Waals surface area contributed by atoms with Crippen molar-refractivity contribution >= 4 is 11.8 Å². The van der Waals surface area contributed by atoms with Crippen molar-refractivity contribution in [3.05, 3.63) is 23.8 Å². The van der Waals surface area contributed by atoms with E-state index in [0.29, 0.717) is 12.2 Å². The Morgan fingerprint density at radius 3 is 2.65 bits per heavy atom. The molecule has 0 radical (unpaired) electrons. The van der Waals surface area contributed by atoms with E-state index in [9.17, 15) is 14.7 Å². The van der Waals surface area contributed by atoms with Crippen LogP contribution in [0.5, 0.6) is 0 Å². The number of hydrogen-bond donors (Lipinski definition) is 1. The van der Waals surface area contributed by atoms with Crippen molar-refractivity contribution in [1.82, 2.24) is 0 Å². The molecule has 0 aromatic rings. The highest BCUT2D eigenvalue weighted by Crippen LogP contribution is 2.34. The number of rotatable bonds is 6. The summed E-state index contributed by atoms with van der Waals surface area (Å²) in [6.07, 6.45) is 6.58. The highest BCUT2D eigenvalue weighted by Gasteiger charge is 2.49. The van der Waals surface area contributed by atoms with E-state index in [-0.39, 0.29) is 11.7 Å². The second kappa shape index (κ2) is 6.84. The van der Waals surface area contributed by atoms with Crippen molar-refractivity contribution in [2.75, 3.05) is 6.61 Å². The fraction of sp³-hybridized carbons (Fsp3) is 0.625. The highest BCUT2D eigenvalue weighted by molar-refractivity contribution is 5.97. The number of hydrogen-bond acceptors (Lipinski definition) is 4. The van der Waals surface area contributed by atoms with E-state index in [0.717, 1.165) is 12.8 Å². The Labute approximate surface area is 120 Å². The number of aliphatic hydroxyl groups is 1. The van der Waals surface area contributed by atoms with Crippen LogP contribution in [0, 0.1) is 11.8 Å². The zero-order valence-corrected chi connectivity index (χ0v) is 12.7. The summed E-state index contributed by atoms with van der Waals surface area (Å²) >= 11 is 0. The summed E-state index contributed by atoms with van der Waals surface area (Å²) in [5, 5.41) is 10.8. The largest absolute Gasteiger partial charge is 0.465 e. The van der Waals surface area contributed by atoms with E-state index in [1.165, 1.54) is 0 Å². The van der Waals surface area contributed by atoms with E-state index in [1.807, 2.05) is 6.92 Å². The van der Waals surface area contributed by atoms with Crippen molar-refractivity contribution in [1.29, 1.82) is 0 Å². The number of allylic oxidation sites excluding steroid dienone is 2. The third-order valence-electron chi connectivity index (χ3n) is 3.60. The van der Waals surface area contributed by atoms with E-state index < -0.39 is 17.5 Å². The summed E-state index contributed by atoms with van der Waals surface area (Å²) in [4.78, 5) is 24.5. The molecule has 0 aromatic carbocycles. The lowest BCUT2D eigenvalue weighted by Gasteiger charge is -2.35.